The summed E-state index contributed by atoms with van der Waals surface area (Å²) in [4.78, 5) is 0. The largest absolute Gasteiger partial charge is 0.312 e. The highest BCUT2D eigenvalue weighted by Crippen LogP contribution is 2.30. The van der Waals surface area contributed by atoms with Gasteiger partial charge >= 0.3 is 0 Å². The highest BCUT2D eigenvalue weighted by atomic mass is 14.9. The third-order valence-corrected chi connectivity index (χ3v) is 3.46. The molecule has 1 heteroatoms. The molecule has 0 fully saturated rings. The predicted octanol–water partition coefficient (Wildman–Crippen LogP) is 3.59. The van der Waals surface area contributed by atoms with E-state index in [9.17, 15) is 0 Å². The minimum absolute atomic E-state index is 0.967. The van der Waals surface area contributed by atoms with E-state index in [4.69, 9.17) is 0 Å². The van der Waals surface area contributed by atoms with Crippen LogP contribution >= 0.6 is 0 Å². The molecule has 1 aliphatic rings. The average Bonchev–Trinajstić information content (AvgIpc) is 2.49. The van der Waals surface area contributed by atoms with Crippen LogP contribution in [0.2, 0.25) is 0 Å². The molecule has 1 heterocycles. The summed E-state index contributed by atoms with van der Waals surface area (Å²) >= 11 is 0. The van der Waals surface area contributed by atoms with E-state index in [0.29, 0.717) is 0 Å². The molecule has 1 N–H and O–H groups in total. The van der Waals surface area contributed by atoms with Crippen LogP contribution in [0.15, 0.2) is 60.7 Å². The van der Waals surface area contributed by atoms with Crippen molar-refractivity contribution in [2.45, 2.75) is 6.42 Å². The SMILES string of the molecule is c1ccc(C2=C(c3ccccc3)CNCC2)cc1. The molecule has 0 saturated carbocycles. The molecule has 3 rings (SSSR count). The Morgan fingerprint density at radius 2 is 1.22 bits per heavy atom. The molecule has 0 atom stereocenters. The average molecular weight is 235 g/mol. The molecule has 0 bridgehead atoms. The Bertz CT molecular complexity index is 489. The second-order valence-corrected chi connectivity index (χ2v) is 4.62. The van der Waals surface area contributed by atoms with Crippen LogP contribution in [0, 0.1) is 0 Å². The van der Waals surface area contributed by atoms with Gasteiger partial charge in [-0.15, -0.1) is 0 Å². The van der Waals surface area contributed by atoms with Gasteiger partial charge in [-0.1, -0.05) is 60.7 Å². The Labute approximate surface area is 108 Å². The zero-order valence-corrected chi connectivity index (χ0v) is 10.4. The van der Waals surface area contributed by atoms with Crippen LogP contribution in [-0.2, 0) is 0 Å². The maximum absolute atomic E-state index is 3.48. The molecule has 18 heavy (non-hydrogen) atoms. The van der Waals surface area contributed by atoms with Crippen molar-refractivity contribution < 1.29 is 0 Å². The summed E-state index contributed by atoms with van der Waals surface area (Å²) in [6.07, 6.45) is 1.11. The third kappa shape index (κ3) is 2.22. The van der Waals surface area contributed by atoms with Gasteiger partial charge in [0.05, 0.1) is 0 Å². The van der Waals surface area contributed by atoms with Crippen molar-refractivity contribution in [1.29, 1.82) is 0 Å². The summed E-state index contributed by atoms with van der Waals surface area (Å²) in [7, 11) is 0. The van der Waals surface area contributed by atoms with Gasteiger partial charge in [-0.25, -0.2) is 0 Å². The monoisotopic (exact) mass is 235 g/mol. The van der Waals surface area contributed by atoms with Crippen LogP contribution < -0.4 is 5.32 Å². The molecule has 2 aromatic rings. The Morgan fingerprint density at radius 1 is 0.667 bits per heavy atom. The first-order chi connectivity index (χ1) is 8.95. The molecule has 90 valence electrons. The summed E-state index contributed by atoms with van der Waals surface area (Å²) in [5.41, 5.74) is 5.62. The van der Waals surface area contributed by atoms with Crippen molar-refractivity contribution in [2.24, 2.45) is 0 Å². The zero-order chi connectivity index (χ0) is 12.2. The molecule has 0 saturated heterocycles. The van der Waals surface area contributed by atoms with Crippen molar-refractivity contribution >= 4 is 11.1 Å². The van der Waals surface area contributed by atoms with Gasteiger partial charge in [0, 0.05) is 6.54 Å². The van der Waals surface area contributed by atoms with Gasteiger partial charge in [0.1, 0.15) is 0 Å². The highest BCUT2D eigenvalue weighted by molar-refractivity contribution is 5.92. The predicted molar refractivity (Wildman–Crippen MR) is 77.2 cm³/mol. The molecule has 2 aromatic carbocycles. The van der Waals surface area contributed by atoms with Crippen LogP contribution in [0.4, 0.5) is 0 Å². The van der Waals surface area contributed by atoms with Gasteiger partial charge < -0.3 is 5.32 Å². The second-order valence-electron chi connectivity index (χ2n) is 4.62. The Balaban J connectivity index is 2.10. The molecular weight excluding hydrogens is 218 g/mol. The lowest BCUT2D eigenvalue weighted by atomic mass is 9.90. The molecule has 1 aliphatic heterocycles. The molecule has 0 radical (unpaired) electrons. The van der Waals surface area contributed by atoms with Gasteiger partial charge in [-0.2, -0.15) is 0 Å². The highest BCUT2D eigenvalue weighted by Gasteiger charge is 2.14. The van der Waals surface area contributed by atoms with E-state index >= 15 is 0 Å². The first kappa shape index (κ1) is 11.2. The summed E-state index contributed by atoms with van der Waals surface area (Å²) in [5, 5.41) is 3.48. The summed E-state index contributed by atoms with van der Waals surface area (Å²) < 4.78 is 0. The van der Waals surface area contributed by atoms with Crippen LogP contribution in [0.5, 0.6) is 0 Å². The van der Waals surface area contributed by atoms with Crippen LogP contribution in [0.25, 0.3) is 11.1 Å². The Hall–Kier alpha value is -1.86. The van der Waals surface area contributed by atoms with E-state index in [0.717, 1.165) is 19.5 Å². The van der Waals surface area contributed by atoms with Crippen molar-refractivity contribution in [1.82, 2.24) is 5.32 Å². The van der Waals surface area contributed by atoms with E-state index in [1.165, 1.54) is 22.3 Å². The number of hydrogen-bond donors (Lipinski definition) is 1. The first-order valence-electron chi connectivity index (χ1n) is 6.49. The molecule has 0 amide bonds. The van der Waals surface area contributed by atoms with E-state index < -0.39 is 0 Å². The molecule has 0 aromatic heterocycles. The van der Waals surface area contributed by atoms with Crippen LogP contribution in [0.1, 0.15) is 17.5 Å². The fourth-order valence-electron chi connectivity index (χ4n) is 2.56. The number of rotatable bonds is 2. The maximum atomic E-state index is 3.48. The molecule has 0 unspecified atom stereocenters. The van der Waals surface area contributed by atoms with E-state index in [-0.39, 0.29) is 0 Å². The van der Waals surface area contributed by atoms with E-state index in [1.54, 1.807) is 0 Å². The van der Waals surface area contributed by atoms with Crippen LogP contribution in [-0.4, -0.2) is 13.1 Å². The quantitative estimate of drug-likeness (QED) is 0.838. The molecule has 0 aliphatic carbocycles. The Morgan fingerprint density at radius 3 is 1.83 bits per heavy atom. The Kier molecular flexibility index (Phi) is 3.24. The number of hydrogen-bond acceptors (Lipinski definition) is 1. The summed E-state index contributed by atoms with van der Waals surface area (Å²) in [6.45, 7) is 2.04. The minimum atomic E-state index is 0.967. The van der Waals surface area contributed by atoms with Gasteiger partial charge in [0.2, 0.25) is 0 Å². The zero-order valence-electron chi connectivity index (χ0n) is 10.4. The standard InChI is InChI=1S/C17H17N/c1-3-7-14(8-4-1)16-11-12-18-13-17(16)15-9-5-2-6-10-15/h1-10,18H,11-13H2. The smallest absolute Gasteiger partial charge is 0.0214 e. The normalized spacial score (nSPS) is 15.8. The van der Waals surface area contributed by atoms with Crippen molar-refractivity contribution in [3.63, 3.8) is 0 Å². The lowest BCUT2D eigenvalue weighted by Gasteiger charge is -2.22. The van der Waals surface area contributed by atoms with Crippen molar-refractivity contribution in [3.05, 3.63) is 71.8 Å². The van der Waals surface area contributed by atoms with Gasteiger partial charge in [0.15, 0.2) is 0 Å². The van der Waals surface area contributed by atoms with E-state index in [1.807, 2.05) is 0 Å². The van der Waals surface area contributed by atoms with Gasteiger partial charge in [-0.05, 0) is 35.2 Å². The third-order valence-electron chi connectivity index (χ3n) is 3.46. The number of nitrogens with one attached hydrogen (secondary N) is 1. The molecule has 1 nitrogen and oxygen atoms in total. The van der Waals surface area contributed by atoms with Crippen molar-refractivity contribution in [3.8, 4) is 0 Å². The minimum Gasteiger partial charge on any atom is -0.312 e. The summed E-state index contributed by atoms with van der Waals surface area (Å²) in [6, 6.07) is 21.4. The maximum Gasteiger partial charge on any atom is 0.0214 e. The fraction of sp³-hybridized carbons (Fsp3) is 0.176. The lowest BCUT2D eigenvalue weighted by molar-refractivity contribution is 0.749. The van der Waals surface area contributed by atoms with Crippen molar-refractivity contribution in [2.75, 3.05) is 13.1 Å². The van der Waals surface area contributed by atoms with Gasteiger partial charge in [0.25, 0.3) is 0 Å². The fourth-order valence-corrected chi connectivity index (χ4v) is 2.56. The van der Waals surface area contributed by atoms with E-state index in [2.05, 4.69) is 66.0 Å². The second kappa shape index (κ2) is 5.19. The molecule has 0 spiro atoms. The summed E-state index contributed by atoms with van der Waals surface area (Å²) in [5.74, 6) is 0. The molecular formula is C17H17N. The first-order valence-corrected chi connectivity index (χ1v) is 6.49. The lowest BCUT2D eigenvalue weighted by Crippen LogP contribution is -2.24. The van der Waals surface area contributed by atoms with Crippen LogP contribution in [0.3, 0.4) is 0 Å². The van der Waals surface area contributed by atoms with Gasteiger partial charge in [-0.3, -0.25) is 0 Å². The topological polar surface area (TPSA) is 12.0 Å². The number of benzene rings is 2.